The van der Waals surface area contributed by atoms with Crippen molar-refractivity contribution in [2.24, 2.45) is 0 Å². The van der Waals surface area contributed by atoms with Gasteiger partial charge in [0.15, 0.2) is 0 Å². The molecule has 0 aliphatic rings. The average Bonchev–Trinajstić information content (AvgIpc) is 2.42. The Morgan fingerprint density at radius 1 is 1.21 bits per heavy atom. The lowest BCUT2D eigenvalue weighted by Gasteiger charge is -2.23. The minimum atomic E-state index is -0.355. The van der Waals surface area contributed by atoms with E-state index in [0.29, 0.717) is 16.7 Å². The second-order valence-corrected chi connectivity index (χ2v) is 4.89. The van der Waals surface area contributed by atoms with Crippen molar-refractivity contribution in [3.8, 4) is 0 Å². The van der Waals surface area contributed by atoms with Crippen LogP contribution in [0.15, 0.2) is 53.0 Å². The van der Waals surface area contributed by atoms with Crippen LogP contribution in [0, 0.1) is 10.1 Å². The van der Waals surface area contributed by atoms with Gasteiger partial charge in [-0.2, -0.15) is 0 Å². The van der Waals surface area contributed by atoms with Gasteiger partial charge >= 0.3 is 0 Å². The summed E-state index contributed by atoms with van der Waals surface area (Å²) in [7, 11) is 0. The molecular formula is C14H13BrN2O2. The maximum atomic E-state index is 11.2. The quantitative estimate of drug-likeness (QED) is 0.614. The normalized spacial score (nSPS) is 10.2. The molecular weight excluding hydrogens is 308 g/mol. The maximum Gasteiger partial charge on any atom is 0.294 e. The number of halogens is 1. The summed E-state index contributed by atoms with van der Waals surface area (Å²) in [6.45, 7) is 2.63. The highest BCUT2D eigenvalue weighted by atomic mass is 79.9. The molecule has 0 unspecified atom stereocenters. The van der Waals surface area contributed by atoms with Crippen molar-refractivity contribution >= 4 is 33.0 Å². The highest BCUT2D eigenvalue weighted by molar-refractivity contribution is 9.10. The fraction of sp³-hybridized carbons (Fsp3) is 0.143. The van der Waals surface area contributed by atoms with Crippen LogP contribution in [0.3, 0.4) is 0 Å². The zero-order valence-corrected chi connectivity index (χ0v) is 12.0. The zero-order valence-electron chi connectivity index (χ0n) is 10.4. The smallest absolute Gasteiger partial charge is 0.294 e. The Hall–Kier alpha value is -1.88. The van der Waals surface area contributed by atoms with E-state index in [0.717, 1.165) is 5.69 Å². The summed E-state index contributed by atoms with van der Waals surface area (Å²) in [5.74, 6) is 0. The van der Waals surface area contributed by atoms with Crippen LogP contribution >= 0.6 is 15.9 Å². The van der Waals surface area contributed by atoms with Gasteiger partial charge in [0.05, 0.1) is 4.92 Å². The van der Waals surface area contributed by atoms with Crippen LogP contribution in [-0.2, 0) is 0 Å². The lowest BCUT2D eigenvalue weighted by atomic mass is 10.2. The third-order valence-corrected chi connectivity index (χ3v) is 3.30. The van der Waals surface area contributed by atoms with Crippen LogP contribution < -0.4 is 4.90 Å². The van der Waals surface area contributed by atoms with Crippen molar-refractivity contribution in [1.82, 2.24) is 0 Å². The molecule has 0 N–H and O–H groups in total. The number of nitro groups is 1. The van der Waals surface area contributed by atoms with Gasteiger partial charge in [-0.15, -0.1) is 0 Å². The molecule has 0 bridgehead atoms. The molecule has 2 aromatic carbocycles. The molecule has 5 heteroatoms. The van der Waals surface area contributed by atoms with Gasteiger partial charge in [-0.1, -0.05) is 34.1 Å². The number of hydrogen-bond acceptors (Lipinski definition) is 3. The van der Waals surface area contributed by atoms with Crippen LogP contribution in [0.2, 0.25) is 0 Å². The van der Waals surface area contributed by atoms with Crippen LogP contribution in [0.5, 0.6) is 0 Å². The van der Waals surface area contributed by atoms with E-state index in [1.165, 1.54) is 6.07 Å². The standard InChI is InChI=1S/C14H13BrN2O2/c1-2-16(12-6-4-3-5-7-12)13-9-8-11(15)10-14(13)17(18)19/h3-10H,2H2,1H3. The zero-order chi connectivity index (χ0) is 13.8. The van der Waals surface area contributed by atoms with E-state index in [4.69, 9.17) is 0 Å². The molecule has 2 rings (SSSR count). The second-order valence-electron chi connectivity index (χ2n) is 3.97. The molecule has 2 aromatic rings. The maximum absolute atomic E-state index is 11.2. The van der Waals surface area contributed by atoms with Crippen molar-refractivity contribution in [2.75, 3.05) is 11.4 Å². The Morgan fingerprint density at radius 3 is 2.47 bits per heavy atom. The van der Waals surface area contributed by atoms with E-state index in [1.807, 2.05) is 48.2 Å². The van der Waals surface area contributed by atoms with Crippen LogP contribution in [0.1, 0.15) is 6.92 Å². The van der Waals surface area contributed by atoms with E-state index in [-0.39, 0.29) is 10.6 Å². The van der Waals surface area contributed by atoms with Gasteiger partial charge in [-0.3, -0.25) is 10.1 Å². The lowest BCUT2D eigenvalue weighted by molar-refractivity contribution is -0.384. The number of para-hydroxylation sites is 1. The van der Waals surface area contributed by atoms with Gasteiger partial charge in [0.25, 0.3) is 5.69 Å². The first-order chi connectivity index (χ1) is 9.13. The highest BCUT2D eigenvalue weighted by Gasteiger charge is 2.19. The summed E-state index contributed by atoms with van der Waals surface area (Å²) in [5.41, 5.74) is 1.64. The molecule has 0 radical (unpaired) electrons. The summed E-state index contributed by atoms with van der Waals surface area (Å²) >= 11 is 3.27. The minimum Gasteiger partial charge on any atom is -0.336 e. The fourth-order valence-electron chi connectivity index (χ4n) is 1.97. The van der Waals surface area contributed by atoms with Crippen molar-refractivity contribution in [3.63, 3.8) is 0 Å². The Balaban J connectivity index is 2.53. The molecule has 0 fully saturated rings. The number of hydrogen-bond donors (Lipinski definition) is 0. The number of benzene rings is 2. The topological polar surface area (TPSA) is 46.4 Å². The fourth-order valence-corrected chi connectivity index (χ4v) is 2.32. The van der Waals surface area contributed by atoms with E-state index in [9.17, 15) is 10.1 Å². The van der Waals surface area contributed by atoms with Crippen molar-refractivity contribution < 1.29 is 4.92 Å². The Kier molecular flexibility index (Phi) is 4.16. The minimum absolute atomic E-state index is 0.0973. The molecule has 4 nitrogen and oxygen atoms in total. The van der Waals surface area contributed by atoms with Crippen LogP contribution in [-0.4, -0.2) is 11.5 Å². The molecule has 0 spiro atoms. The van der Waals surface area contributed by atoms with E-state index >= 15 is 0 Å². The van der Waals surface area contributed by atoms with Crippen molar-refractivity contribution in [2.45, 2.75) is 6.92 Å². The molecule has 0 saturated heterocycles. The van der Waals surface area contributed by atoms with Gasteiger partial charge in [-0.25, -0.2) is 0 Å². The summed E-state index contributed by atoms with van der Waals surface area (Å²) in [6, 6.07) is 14.7. The van der Waals surface area contributed by atoms with Crippen LogP contribution in [0.4, 0.5) is 17.1 Å². The number of rotatable bonds is 4. The summed E-state index contributed by atoms with van der Waals surface area (Å²) in [6.07, 6.45) is 0. The first-order valence-electron chi connectivity index (χ1n) is 5.90. The van der Waals surface area contributed by atoms with Crippen molar-refractivity contribution in [1.29, 1.82) is 0 Å². The number of anilines is 2. The molecule has 0 aliphatic heterocycles. The van der Waals surface area contributed by atoms with Gasteiger partial charge in [0, 0.05) is 22.8 Å². The molecule has 0 saturated carbocycles. The monoisotopic (exact) mass is 320 g/mol. The molecule has 98 valence electrons. The predicted molar refractivity (Wildman–Crippen MR) is 79.9 cm³/mol. The number of nitro benzene ring substituents is 1. The first-order valence-corrected chi connectivity index (χ1v) is 6.69. The molecule has 19 heavy (non-hydrogen) atoms. The molecule has 0 aliphatic carbocycles. The Bertz CT molecular complexity index is 587. The largest absolute Gasteiger partial charge is 0.336 e. The molecule has 0 aromatic heterocycles. The van der Waals surface area contributed by atoms with Gasteiger partial charge in [0.2, 0.25) is 0 Å². The summed E-state index contributed by atoms with van der Waals surface area (Å²) in [5, 5.41) is 11.2. The van der Waals surface area contributed by atoms with E-state index < -0.39 is 0 Å². The summed E-state index contributed by atoms with van der Waals surface area (Å²) in [4.78, 5) is 12.7. The second kappa shape index (κ2) is 5.84. The van der Waals surface area contributed by atoms with Gasteiger partial charge in [0.1, 0.15) is 5.69 Å². The lowest BCUT2D eigenvalue weighted by Crippen LogP contribution is -2.17. The summed E-state index contributed by atoms with van der Waals surface area (Å²) < 4.78 is 0.701. The van der Waals surface area contributed by atoms with Gasteiger partial charge in [-0.05, 0) is 31.2 Å². The van der Waals surface area contributed by atoms with Crippen LogP contribution in [0.25, 0.3) is 0 Å². The van der Waals surface area contributed by atoms with E-state index in [2.05, 4.69) is 15.9 Å². The van der Waals surface area contributed by atoms with Crippen molar-refractivity contribution in [3.05, 3.63) is 63.1 Å². The third kappa shape index (κ3) is 2.93. The highest BCUT2D eigenvalue weighted by Crippen LogP contribution is 2.35. The molecule has 0 amide bonds. The van der Waals surface area contributed by atoms with Gasteiger partial charge < -0.3 is 4.90 Å². The SMILES string of the molecule is CCN(c1ccccc1)c1ccc(Br)cc1[N+](=O)[O-]. The average molecular weight is 321 g/mol. The third-order valence-electron chi connectivity index (χ3n) is 2.81. The first kappa shape index (κ1) is 13.5. The predicted octanol–water partition coefficient (Wildman–Crippen LogP) is 4.52. The number of nitrogens with zero attached hydrogens (tertiary/aromatic N) is 2. The Labute approximate surface area is 119 Å². The Morgan fingerprint density at radius 2 is 1.89 bits per heavy atom. The van der Waals surface area contributed by atoms with E-state index in [1.54, 1.807) is 6.07 Å². The molecule has 0 atom stereocenters. The molecule has 0 heterocycles.